The first-order chi connectivity index (χ1) is 18.1. The van der Waals surface area contributed by atoms with Crippen molar-refractivity contribution in [1.82, 2.24) is 9.55 Å². The molecule has 1 N–H and O–H groups in total. The van der Waals surface area contributed by atoms with Crippen molar-refractivity contribution in [3.05, 3.63) is 110 Å². The highest BCUT2D eigenvalue weighted by Gasteiger charge is 2.43. The number of hydrazone groups is 1. The number of aromatic nitrogens is 2. The molecule has 1 saturated carbocycles. The Morgan fingerprint density at radius 1 is 0.973 bits per heavy atom. The first-order valence-electron chi connectivity index (χ1n) is 12.9. The van der Waals surface area contributed by atoms with Crippen LogP contribution in [0.4, 0.5) is 5.95 Å². The van der Waals surface area contributed by atoms with Gasteiger partial charge in [0.05, 0.1) is 23.2 Å². The minimum atomic E-state index is -0.179. The van der Waals surface area contributed by atoms with E-state index in [-0.39, 0.29) is 11.0 Å². The van der Waals surface area contributed by atoms with Crippen LogP contribution in [-0.2, 0) is 11.8 Å². The van der Waals surface area contributed by atoms with Crippen LogP contribution in [0.15, 0.2) is 82.7 Å². The van der Waals surface area contributed by atoms with Gasteiger partial charge in [0.1, 0.15) is 0 Å². The van der Waals surface area contributed by atoms with E-state index in [4.69, 9.17) is 16.6 Å². The van der Waals surface area contributed by atoms with Gasteiger partial charge in [0.15, 0.2) is 0 Å². The van der Waals surface area contributed by atoms with Gasteiger partial charge in [-0.2, -0.15) is 5.10 Å². The minimum Gasteiger partial charge on any atom is -0.268 e. The molecule has 1 heterocycles. The molecule has 2 aliphatic rings. The molecule has 1 spiro atoms. The minimum absolute atomic E-state index is 0.0000963. The predicted octanol–water partition coefficient (Wildman–Crippen LogP) is 7.07. The van der Waals surface area contributed by atoms with E-state index in [0.717, 1.165) is 65.7 Å². The van der Waals surface area contributed by atoms with E-state index in [1.54, 1.807) is 10.8 Å². The Morgan fingerprint density at radius 2 is 1.70 bits per heavy atom. The Balaban J connectivity index is 1.57. The summed E-state index contributed by atoms with van der Waals surface area (Å²) in [6.45, 7) is 2.02. The molecule has 6 rings (SSSR count). The smallest absolute Gasteiger partial charge is 0.263 e. The van der Waals surface area contributed by atoms with Crippen LogP contribution in [0.25, 0.3) is 16.9 Å². The molecule has 2 aliphatic carbocycles. The van der Waals surface area contributed by atoms with E-state index in [9.17, 15) is 4.79 Å². The Hall–Kier alpha value is -3.70. The molecule has 1 aromatic heterocycles. The summed E-state index contributed by atoms with van der Waals surface area (Å²) in [5, 5.41) is 5.14. The SMILES string of the molecule is Cc1ccccc1-n1c(NN=Cc2ccc(Cl)cc2)nc2c(c1=O)C1(CCCCC1)Cc1ccccc1-2. The summed E-state index contributed by atoms with van der Waals surface area (Å²) in [5.41, 5.74) is 9.62. The fraction of sp³-hybridized carbons (Fsp3) is 0.258. The maximum Gasteiger partial charge on any atom is 0.263 e. The van der Waals surface area contributed by atoms with Gasteiger partial charge in [-0.3, -0.25) is 4.79 Å². The summed E-state index contributed by atoms with van der Waals surface area (Å²) in [4.78, 5) is 19.7. The Kier molecular flexibility index (Phi) is 6.17. The number of anilines is 1. The quantitative estimate of drug-likeness (QED) is 0.237. The third-order valence-electron chi connectivity index (χ3n) is 7.83. The first kappa shape index (κ1) is 23.7. The highest BCUT2D eigenvalue weighted by Crippen LogP contribution is 2.48. The second-order valence-corrected chi connectivity index (χ2v) is 10.6. The molecule has 0 radical (unpaired) electrons. The molecule has 5 nitrogen and oxygen atoms in total. The van der Waals surface area contributed by atoms with E-state index in [1.807, 2.05) is 61.5 Å². The summed E-state index contributed by atoms with van der Waals surface area (Å²) in [6.07, 6.45) is 8.12. The van der Waals surface area contributed by atoms with Crippen LogP contribution < -0.4 is 11.0 Å². The van der Waals surface area contributed by atoms with Gasteiger partial charge in [-0.05, 0) is 61.1 Å². The van der Waals surface area contributed by atoms with Gasteiger partial charge in [-0.15, -0.1) is 0 Å². The summed E-state index contributed by atoms with van der Waals surface area (Å²) >= 11 is 6.02. The first-order valence-corrected chi connectivity index (χ1v) is 13.3. The lowest BCUT2D eigenvalue weighted by molar-refractivity contribution is 0.284. The maximum atomic E-state index is 14.6. The number of nitrogens with zero attached hydrogens (tertiary/aromatic N) is 3. The second kappa shape index (κ2) is 9.64. The standard InChI is InChI=1S/C31H29ClN4O/c1-21-9-3-6-12-26(21)36-29(37)27-28(34-30(36)35-33-20-22-13-15-24(32)16-14-22)25-11-5-4-10-23(25)19-31(27)17-7-2-8-18-31/h3-6,9-16,20H,2,7-8,17-19H2,1H3,(H,34,35). The molecule has 6 heteroatoms. The average molecular weight is 509 g/mol. The second-order valence-electron chi connectivity index (χ2n) is 10.2. The predicted molar refractivity (Wildman–Crippen MR) is 151 cm³/mol. The molecule has 0 aliphatic heterocycles. The molecule has 0 bridgehead atoms. The molecule has 186 valence electrons. The van der Waals surface area contributed by atoms with Crippen LogP contribution in [0.3, 0.4) is 0 Å². The molecule has 0 amide bonds. The maximum absolute atomic E-state index is 14.6. The van der Waals surface area contributed by atoms with Crippen molar-refractivity contribution in [3.8, 4) is 16.9 Å². The van der Waals surface area contributed by atoms with Crippen molar-refractivity contribution in [3.63, 3.8) is 0 Å². The van der Waals surface area contributed by atoms with Gasteiger partial charge in [-0.25, -0.2) is 15.0 Å². The Bertz CT molecular complexity index is 1550. The van der Waals surface area contributed by atoms with Gasteiger partial charge in [0.2, 0.25) is 5.95 Å². The third-order valence-corrected chi connectivity index (χ3v) is 8.08. The van der Waals surface area contributed by atoms with E-state index in [1.165, 1.54) is 12.0 Å². The van der Waals surface area contributed by atoms with E-state index in [2.05, 4.69) is 28.7 Å². The van der Waals surface area contributed by atoms with E-state index >= 15 is 0 Å². The number of benzene rings is 3. The lowest BCUT2D eigenvalue weighted by Crippen LogP contribution is -2.43. The lowest BCUT2D eigenvalue weighted by atomic mass is 9.62. The number of hydrogen-bond acceptors (Lipinski definition) is 4. The number of aryl methyl sites for hydroxylation is 1. The third kappa shape index (κ3) is 4.27. The molecule has 0 unspecified atom stereocenters. The fourth-order valence-corrected chi connectivity index (χ4v) is 6.16. The van der Waals surface area contributed by atoms with Gasteiger partial charge in [0.25, 0.3) is 5.56 Å². The Labute approximate surface area is 221 Å². The normalized spacial score (nSPS) is 15.9. The van der Waals surface area contributed by atoms with E-state index < -0.39 is 0 Å². The van der Waals surface area contributed by atoms with Crippen molar-refractivity contribution < 1.29 is 0 Å². The lowest BCUT2D eigenvalue weighted by Gasteiger charge is -2.42. The van der Waals surface area contributed by atoms with Crippen molar-refractivity contribution in [2.24, 2.45) is 5.10 Å². The number of halogens is 1. The van der Waals surface area contributed by atoms with Crippen molar-refractivity contribution in [1.29, 1.82) is 0 Å². The van der Waals surface area contributed by atoms with Crippen molar-refractivity contribution in [2.75, 3.05) is 5.43 Å². The number of rotatable bonds is 4. The van der Waals surface area contributed by atoms with Crippen LogP contribution in [0, 0.1) is 6.92 Å². The van der Waals surface area contributed by atoms with Gasteiger partial charge < -0.3 is 0 Å². The highest BCUT2D eigenvalue weighted by molar-refractivity contribution is 6.30. The molecule has 4 aromatic rings. The van der Waals surface area contributed by atoms with Crippen LogP contribution in [0.2, 0.25) is 5.02 Å². The molecule has 1 fully saturated rings. The van der Waals surface area contributed by atoms with Crippen LogP contribution in [0.1, 0.15) is 54.4 Å². The zero-order valence-electron chi connectivity index (χ0n) is 20.9. The summed E-state index contributed by atoms with van der Waals surface area (Å²) in [5.74, 6) is 0.408. The molecule has 3 aromatic carbocycles. The van der Waals surface area contributed by atoms with Crippen LogP contribution in [-0.4, -0.2) is 15.8 Å². The zero-order chi connectivity index (χ0) is 25.4. The summed E-state index contributed by atoms with van der Waals surface area (Å²) in [6, 6.07) is 23.8. The van der Waals surface area contributed by atoms with Gasteiger partial charge in [0, 0.05) is 16.0 Å². The molecular formula is C31H29ClN4O. The molecular weight excluding hydrogens is 480 g/mol. The van der Waals surface area contributed by atoms with Crippen molar-refractivity contribution in [2.45, 2.75) is 50.9 Å². The average Bonchev–Trinajstić information content (AvgIpc) is 2.91. The molecule has 0 atom stereocenters. The van der Waals surface area contributed by atoms with Crippen LogP contribution in [0.5, 0.6) is 0 Å². The monoisotopic (exact) mass is 508 g/mol. The van der Waals surface area contributed by atoms with Crippen molar-refractivity contribution >= 4 is 23.8 Å². The highest BCUT2D eigenvalue weighted by atomic mass is 35.5. The van der Waals surface area contributed by atoms with E-state index in [0.29, 0.717) is 11.0 Å². The Morgan fingerprint density at radius 3 is 2.49 bits per heavy atom. The van der Waals surface area contributed by atoms with Crippen LogP contribution >= 0.6 is 11.6 Å². The zero-order valence-corrected chi connectivity index (χ0v) is 21.6. The van der Waals surface area contributed by atoms with Gasteiger partial charge >= 0.3 is 0 Å². The fourth-order valence-electron chi connectivity index (χ4n) is 6.03. The largest absolute Gasteiger partial charge is 0.268 e. The number of hydrogen-bond donors (Lipinski definition) is 1. The van der Waals surface area contributed by atoms with Gasteiger partial charge in [-0.1, -0.05) is 85.5 Å². The molecule has 37 heavy (non-hydrogen) atoms. The topological polar surface area (TPSA) is 59.3 Å². The number of nitrogens with one attached hydrogen (secondary N) is 1. The number of para-hydroxylation sites is 1. The molecule has 0 saturated heterocycles. The summed E-state index contributed by atoms with van der Waals surface area (Å²) < 4.78 is 1.72. The number of fused-ring (bicyclic) bond motifs is 4. The summed E-state index contributed by atoms with van der Waals surface area (Å²) in [7, 11) is 0.